The Hall–Kier alpha value is -2.28. The number of amides is 1. The smallest absolute Gasteiger partial charge is 0.274 e. The van der Waals surface area contributed by atoms with Gasteiger partial charge in [0.15, 0.2) is 17.3 Å². The Balaban J connectivity index is 1.88. The van der Waals surface area contributed by atoms with Gasteiger partial charge in [0.25, 0.3) is 5.91 Å². The maximum Gasteiger partial charge on any atom is 0.274 e. The van der Waals surface area contributed by atoms with Gasteiger partial charge in [0.05, 0.1) is 0 Å². The van der Waals surface area contributed by atoms with Crippen LogP contribution in [0.15, 0.2) is 30.5 Å². The molecule has 1 amide bonds. The summed E-state index contributed by atoms with van der Waals surface area (Å²) in [6.07, 6.45) is 4.21. The molecule has 0 spiro atoms. The van der Waals surface area contributed by atoms with Crippen LogP contribution in [0.5, 0.6) is 0 Å². The molecule has 2 aromatic rings. The van der Waals surface area contributed by atoms with Crippen molar-refractivity contribution >= 4 is 5.91 Å². The Morgan fingerprint density at radius 2 is 2.00 bits per heavy atom. The molecule has 0 bridgehead atoms. The van der Waals surface area contributed by atoms with E-state index >= 15 is 0 Å². The highest BCUT2D eigenvalue weighted by molar-refractivity contribution is 5.92. The highest BCUT2D eigenvalue weighted by Crippen LogP contribution is 2.20. The van der Waals surface area contributed by atoms with E-state index in [0.29, 0.717) is 13.1 Å². The molecule has 1 saturated heterocycles. The van der Waals surface area contributed by atoms with Crippen LogP contribution in [0.25, 0.3) is 5.69 Å². The molecule has 1 aromatic carbocycles. The lowest BCUT2D eigenvalue weighted by molar-refractivity contribution is 0.0616. The van der Waals surface area contributed by atoms with Gasteiger partial charge in [-0.1, -0.05) is 6.07 Å². The van der Waals surface area contributed by atoms with Crippen molar-refractivity contribution in [3.05, 3.63) is 47.8 Å². The number of hydrogen-bond acceptors (Lipinski definition) is 3. The van der Waals surface area contributed by atoms with Gasteiger partial charge in [-0.25, -0.2) is 13.5 Å². The summed E-state index contributed by atoms with van der Waals surface area (Å²) in [4.78, 5) is 14.3. The van der Waals surface area contributed by atoms with E-state index in [1.807, 2.05) is 0 Å². The van der Waals surface area contributed by atoms with Crippen molar-refractivity contribution in [3.8, 4) is 5.69 Å². The first-order valence-corrected chi connectivity index (χ1v) is 7.63. The molecule has 1 aliphatic heterocycles. The van der Waals surface area contributed by atoms with Crippen LogP contribution in [0, 0.1) is 11.6 Å². The average molecular weight is 320 g/mol. The lowest BCUT2D eigenvalue weighted by atomic mass is 10.0. The molecule has 122 valence electrons. The normalized spacial score (nSPS) is 18.2. The van der Waals surface area contributed by atoms with E-state index in [1.54, 1.807) is 4.90 Å². The fraction of sp³-hybridized carbons (Fsp3) is 0.375. The van der Waals surface area contributed by atoms with Crippen molar-refractivity contribution in [1.29, 1.82) is 0 Å². The molecule has 2 N–H and O–H groups in total. The van der Waals surface area contributed by atoms with Crippen LogP contribution in [-0.4, -0.2) is 39.7 Å². The number of hydrogen-bond donors (Lipinski definition) is 1. The highest BCUT2D eigenvalue weighted by Gasteiger charge is 2.28. The van der Waals surface area contributed by atoms with Gasteiger partial charge in [-0.2, -0.15) is 5.10 Å². The standard InChI is InChI=1S/C16H18F2N4O/c17-12-5-3-6-13(18)15(12)22-9-7-14(20-22)16(23)21-8-2-1-4-11(21)10-19/h3,5-7,9,11H,1-2,4,8,10,19H2. The van der Waals surface area contributed by atoms with Gasteiger partial charge >= 0.3 is 0 Å². The fourth-order valence-corrected chi connectivity index (χ4v) is 2.93. The largest absolute Gasteiger partial charge is 0.333 e. The monoisotopic (exact) mass is 320 g/mol. The number of para-hydroxylation sites is 1. The van der Waals surface area contributed by atoms with Gasteiger partial charge in [0, 0.05) is 25.3 Å². The first-order valence-electron chi connectivity index (χ1n) is 7.63. The quantitative estimate of drug-likeness (QED) is 0.942. The van der Waals surface area contributed by atoms with Gasteiger partial charge < -0.3 is 10.6 Å². The summed E-state index contributed by atoms with van der Waals surface area (Å²) in [7, 11) is 0. The summed E-state index contributed by atoms with van der Waals surface area (Å²) in [6.45, 7) is 1.02. The Labute approximate surface area is 132 Å². The summed E-state index contributed by atoms with van der Waals surface area (Å²) in [5.74, 6) is -1.72. The molecule has 1 aliphatic rings. The third-order valence-corrected chi connectivity index (χ3v) is 4.13. The average Bonchev–Trinajstić information content (AvgIpc) is 3.03. The minimum absolute atomic E-state index is 0.00778. The maximum absolute atomic E-state index is 13.8. The first-order chi connectivity index (χ1) is 11.1. The van der Waals surface area contributed by atoms with Crippen molar-refractivity contribution in [2.24, 2.45) is 5.73 Å². The van der Waals surface area contributed by atoms with Gasteiger partial charge in [0.1, 0.15) is 5.69 Å². The van der Waals surface area contributed by atoms with Crippen molar-refractivity contribution in [2.45, 2.75) is 25.3 Å². The Morgan fingerprint density at radius 3 is 2.70 bits per heavy atom. The maximum atomic E-state index is 13.8. The van der Waals surface area contributed by atoms with Crippen LogP contribution in [0.4, 0.5) is 8.78 Å². The molecule has 0 aliphatic carbocycles. The van der Waals surface area contributed by atoms with Gasteiger partial charge in [-0.05, 0) is 37.5 Å². The van der Waals surface area contributed by atoms with Crippen LogP contribution < -0.4 is 5.73 Å². The Morgan fingerprint density at radius 1 is 1.26 bits per heavy atom. The number of halogens is 2. The number of likely N-dealkylation sites (tertiary alicyclic amines) is 1. The lowest BCUT2D eigenvalue weighted by Crippen LogP contribution is -2.47. The third-order valence-electron chi connectivity index (χ3n) is 4.13. The molecule has 0 radical (unpaired) electrons. The second-order valence-electron chi connectivity index (χ2n) is 5.60. The molecule has 7 heteroatoms. The number of carbonyl (C=O) groups is 1. The fourth-order valence-electron chi connectivity index (χ4n) is 2.93. The zero-order chi connectivity index (χ0) is 16.4. The summed E-state index contributed by atoms with van der Waals surface area (Å²) >= 11 is 0. The number of benzene rings is 1. The van der Waals surface area contributed by atoms with Crippen molar-refractivity contribution in [2.75, 3.05) is 13.1 Å². The van der Waals surface area contributed by atoms with Crippen molar-refractivity contribution in [1.82, 2.24) is 14.7 Å². The topological polar surface area (TPSA) is 64.2 Å². The van der Waals surface area contributed by atoms with Crippen LogP contribution in [0.1, 0.15) is 29.8 Å². The summed E-state index contributed by atoms with van der Waals surface area (Å²) in [6, 6.07) is 5.04. The van der Waals surface area contributed by atoms with Gasteiger partial charge in [-0.15, -0.1) is 0 Å². The Kier molecular flexibility index (Phi) is 4.38. The van der Waals surface area contributed by atoms with Gasteiger partial charge in [-0.3, -0.25) is 4.79 Å². The molecule has 1 atom stereocenters. The molecule has 1 aromatic heterocycles. The van der Waals surface area contributed by atoms with E-state index in [2.05, 4.69) is 5.10 Å². The second kappa shape index (κ2) is 6.45. The Bertz CT molecular complexity index is 696. The summed E-state index contributed by atoms with van der Waals surface area (Å²) < 4.78 is 28.7. The molecule has 3 rings (SSSR count). The third kappa shape index (κ3) is 2.96. The van der Waals surface area contributed by atoms with E-state index in [0.717, 1.165) is 36.1 Å². The van der Waals surface area contributed by atoms with E-state index in [1.165, 1.54) is 18.3 Å². The molecule has 1 unspecified atom stereocenters. The summed E-state index contributed by atoms with van der Waals surface area (Å²) in [5, 5.41) is 4.05. The zero-order valence-corrected chi connectivity index (χ0v) is 12.6. The van der Waals surface area contributed by atoms with Crippen LogP contribution >= 0.6 is 0 Å². The minimum Gasteiger partial charge on any atom is -0.333 e. The number of carbonyl (C=O) groups excluding carboxylic acids is 1. The number of nitrogens with zero attached hydrogens (tertiary/aromatic N) is 3. The first kappa shape index (κ1) is 15.6. The molecule has 23 heavy (non-hydrogen) atoms. The van der Waals surface area contributed by atoms with E-state index in [9.17, 15) is 13.6 Å². The van der Waals surface area contributed by atoms with Crippen LogP contribution in [0.2, 0.25) is 0 Å². The lowest BCUT2D eigenvalue weighted by Gasteiger charge is -2.34. The minimum atomic E-state index is -0.732. The molecule has 1 fully saturated rings. The van der Waals surface area contributed by atoms with E-state index in [4.69, 9.17) is 5.73 Å². The predicted molar refractivity (Wildman–Crippen MR) is 81.2 cm³/mol. The van der Waals surface area contributed by atoms with Crippen molar-refractivity contribution < 1.29 is 13.6 Å². The molecular formula is C16H18F2N4O. The van der Waals surface area contributed by atoms with Gasteiger partial charge in [0.2, 0.25) is 0 Å². The SMILES string of the molecule is NCC1CCCCN1C(=O)c1ccn(-c2c(F)cccc2F)n1. The molecular weight excluding hydrogens is 302 g/mol. The highest BCUT2D eigenvalue weighted by atomic mass is 19.1. The number of aromatic nitrogens is 2. The van der Waals surface area contributed by atoms with Crippen molar-refractivity contribution in [3.63, 3.8) is 0 Å². The predicted octanol–water partition coefficient (Wildman–Crippen LogP) is 2.10. The molecule has 0 saturated carbocycles. The number of piperidine rings is 1. The van der Waals surface area contributed by atoms with E-state index < -0.39 is 11.6 Å². The summed E-state index contributed by atoms with van der Waals surface area (Å²) in [5.41, 5.74) is 5.60. The van der Waals surface area contributed by atoms with Crippen LogP contribution in [-0.2, 0) is 0 Å². The molecule has 5 nitrogen and oxygen atoms in total. The second-order valence-corrected chi connectivity index (χ2v) is 5.60. The van der Waals surface area contributed by atoms with E-state index in [-0.39, 0.29) is 23.3 Å². The number of rotatable bonds is 3. The zero-order valence-electron chi connectivity index (χ0n) is 12.6. The molecule has 2 heterocycles. The van der Waals surface area contributed by atoms with Crippen LogP contribution in [0.3, 0.4) is 0 Å². The number of nitrogens with two attached hydrogens (primary N) is 1.